The number of aryl methyl sites for hydroxylation is 1. The highest BCUT2D eigenvalue weighted by atomic mass is 16.1. The van der Waals surface area contributed by atoms with Crippen molar-refractivity contribution in [2.24, 2.45) is 10.9 Å². The van der Waals surface area contributed by atoms with Gasteiger partial charge in [-0.05, 0) is 39.0 Å². The zero-order valence-corrected chi connectivity index (χ0v) is 14.9. The minimum absolute atomic E-state index is 0.0185. The summed E-state index contributed by atoms with van der Waals surface area (Å²) in [7, 11) is 0. The Balaban J connectivity index is 1.65. The number of guanidine groups is 1. The van der Waals surface area contributed by atoms with Gasteiger partial charge in [-0.15, -0.1) is 0 Å². The second-order valence-electron chi connectivity index (χ2n) is 7.47. The molecule has 2 atom stereocenters. The molecule has 0 spiro atoms. The lowest BCUT2D eigenvalue weighted by Crippen LogP contribution is -2.46. The van der Waals surface area contributed by atoms with Crippen molar-refractivity contribution >= 4 is 11.9 Å². The fraction of sp³-hybridized carbons (Fsp3) is 0.632. The third-order valence-electron chi connectivity index (χ3n) is 5.51. The lowest BCUT2D eigenvalue weighted by Gasteiger charge is -2.34. The Labute approximate surface area is 148 Å². The van der Waals surface area contributed by atoms with E-state index >= 15 is 0 Å². The van der Waals surface area contributed by atoms with Crippen molar-refractivity contribution in [2.45, 2.75) is 70.5 Å². The van der Waals surface area contributed by atoms with Gasteiger partial charge in [-0.25, -0.2) is 9.98 Å². The van der Waals surface area contributed by atoms with Gasteiger partial charge in [0.2, 0.25) is 5.95 Å². The standard InChI is InChI=1S/C19H27N5O/c1-13-12-16(25)24-17(14-8-4-2-5-9-14)22-18(23-19(24)20-13)21-15-10-6-3-7-11-15/h2,4,12,14-15,17H,3,5-11H2,1H3,(H2,20,21,22,23)/t14-,17+/m0/s1. The Hall–Kier alpha value is -2.11. The molecule has 134 valence electrons. The molecular formula is C19H27N5O. The maximum atomic E-state index is 12.6. The molecule has 1 saturated carbocycles. The highest BCUT2D eigenvalue weighted by Gasteiger charge is 2.31. The first kappa shape index (κ1) is 16.4. The molecule has 3 aliphatic rings. The quantitative estimate of drug-likeness (QED) is 0.811. The zero-order chi connectivity index (χ0) is 17.2. The first-order valence-corrected chi connectivity index (χ1v) is 9.57. The lowest BCUT2D eigenvalue weighted by atomic mass is 9.91. The Kier molecular flexibility index (Phi) is 4.59. The number of nitrogens with one attached hydrogen (secondary N) is 2. The van der Waals surface area contributed by atoms with Crippen LogP contribution < -0.4 is 16.2 Å². The van der Waals surface area contributed by atoms with E-state index in [4.69, 9.17) is 4.99 Å². The molecule has 0 unspecified atom stereocenters. The molecule has 4 rings (SSSR count). The third-order valence-corrected chi connectivity index (χ3v) is 5.51. The molecule has 0 radical (unpaired) electrons. The topological polar surface area (TPSA) is 71.3 Å². The molecule has 1 aromatic heterocycles. The Morgan fingerprint density at radius 3 is 2.80 bits per heavy atom. The first-order valence-electron chi connectivity index (χ1n) is 9.57. The predicted molar refractivity (Wildman–Crippen MR) is 99.8 cm³/mol. The summed E-state index contributed by atoms with van der Waals surface area (Å²) >= 11 is 0. The summed E-state index contributed by atoms with van der Waals surface area (Å²) in [6.45, 7) is 1.86. The van der Waals surface area contributed by atoms with Crippen LogP contribution in [0.3, 0.4) is 0 Å². The number of aromatic nitrogens is 2. The summed E-state index contributed by atoms with van der Waals surface area (Å²) in [5, 5.41) is 6.84. The van der Waals surface area contributed by atoms with Gasteiger partial charge in [0.15, 0.2) is 5.96 Å². The van der Waals surface area contributed by atoms with Crippen molar-refractivity contribution in [1.82, 2.24) is 14.9 Å². The fourth-order valence-electron chi connectivity index (χ4n) is 4.20. The van der Waals surface area contributed by atoms with E-state index in [9.17, 15) is 4.79 Å². The van der Waals surface area contributed by atoms with Gasteiger partial charge < -0.3 is 5.32 Å². The maximum Gasteiger partial charge on any atom is 0.256 e. The largest absolute Gasteiger partial charge is 0.353 e. The minimum atomic E-state index is -0.173. The maximum absolute atomic E-state index is 12.6. The molecule has 2 heterocycles. The minimum Gasteiger partial charge on any atom is -0.353 e. The van der Waals surface area contributed by atoms with E-state index in [1.165, 1.54) is 32.1 Å². The average Bonchev–Trinajstić information content (AvgIpc) is 2.62. The molecule has 0 bridgehead atoms. The molecule has 1 fully saturated rings. The van der Waals surface area contributed by atoms with Crippen LogP contribution in [0.15, 0.2) is 28.0 Å². The van der Waals surface area contributed by atoms with E-state index < -0.39 is 0 Å². The second-order valence-corrected chi connectivity index (χ2v) is 7.47. The van der Waals surface area contributed by atoms with Crippen LogP contribution in [-0.4, -0.2) is 21.6 Å². The molecule has 1 aromatic rings. The summed E-state index contributed by atoms with van der Waals surface area (Å²) in [6.07, 6.45) is 13.6. The van der Waals surface area contributed by atoms with E-state index in [-0.39, 0.29) is 11.7 Å². The van der Waals surface area contributed by atoms with Crippen molar-refractivity contribution in [3.63, 3.8) is 0 Å². The van der Waals surface area contributed by atoms with Crippen molar-refractivity contribution in [3.05, 3.63) is 34.3 Å². The molecule has 0 aromatic carbocycles. The van der Waals surface area contributed by atoms with E-state index in [0.29, 0.717) is 17.9 Å². The van der Waals surface area contributed by atoms with Gasteiger partial charge in [0, 0.05) is 23.7 Å². The van der Waals surface area contributed by atoms with E-state index in [2.05, 4.69) is 27.8 Å². The molecule has 25 heavy (non-hydrogen) atoms. The first-order chi connectivity index (χ1) is 12.2. The monoisotopic (exact) mass is 341 g/mol. The van der Waals surface area contributed by atoms with Crippen LogP contribution in [0.25, 0.3) is 0 Å². The van der Waals surface area contributed by atoms with Gasteiger partial charge in [-0.3, -0.25) is 14.7 Å². The molecule has 6 nitrogen and oxygen atoms in total. The molecule has 6 heteroatoms. The van der Waals surface area contributed by atoms with Crippen LogP contribution in [0.2, 0.25) is 0 Å². The number of fused-ring (bicyclic) bond motifs is 1. The van der Waals surface area contributed by atoms with Crippen molar-refractivity contribution < 1.29 is 0 Å². The number of allylic oxidation sites excluding steroid dienone is 2. The van der Waals surface area contributed by atoms with Crippen LogP contribution in [0, 0.1) is 12.8 Å². The van der Waals surface area contributed by atoms with Gasteiger partial charge in [0.05, 0.1) is 0 Å². The number of anilines is 1. The Bertz CT molecular complexity index is 745. The lowest BCUT2D eigenvalue weighted by molar-refractivity contribution is 0.305. The van der Waals surface area contributed by atoms with Crippen LogP contribution in [0.5, 0.6) is 0 Å². The number of nitrogens with zero attached hydrogens (tertiary/aromatic N) is 3. The summed E-state index contributed by atoms with van der Waals surface area (Å²) in [4.78, 5) is 22.1. The number of hydrogen-bond donors (Lipinski definition) is 2. The third kappa shape index (κ3) is 3.48. The zero-order valence-electron chi connectivity index (χ0n) is 14.9. The van der Waals surface area contributed by atoms with Gasteiger partial charge in [-0.1, -0.05) is 31.4 Å². The highest BCUT2D eigenvalue weighted by Crippen LogP contribution is 2.33. The Morgan fingerprint density at radius 2 is 2.04 bits per heavy atom. The molecular weight excluding hydrogens is 314 g/mol. The number of hydrogen-bond acceptors (Lipinski definition) is 5. The second kappa shape index (κ2) is 7.02. The van der Waals surface area contributed by atoms with Crippen molar-refractivity contribution in [1.29, 1.82) is 0 Å². The van der Waals surface area contributed by atoms with Crippen LogP contribution in [0.4, 0.5) is 5.95 Å². The van der Waals surface area contributed by atoms with Crippen LogP contribution in [-0.2, 0) is 0 Å². The normalized spacial score (nSPS) is 26.5. The van der Waals surface area contributed by atoms with Gasteiger partial charge in [0.25, 0.3) is 5.56 Å². The molecule has 0 saturated heterocycles. The molecule has 1 aliphatic heterocycles. The summed E-state index contributed by atoms with van der Waals surface area (Å²) in [5.74, 6) is 1.75. The highest BCUT2D eigenvalue weighted by molar-refractivity contribution is 5.93. The summed E-state index contributed by atoms with van der Waals surface area (Å²) in [5.41, 5.74) is 0.722. The van der Waals surface area contributed by atoms with E-state index in [0.717, 1.165) is 30.9 Å². The van der Waals surface area contributed by atoms with Gasteiger partial charge in [-0.2, -0.15) is 0 Å². The molecule has 2 aliphatic carbocycles. The number of aliphatic imine (C=N–C) groups is 1. The van der Waals surface area contributed by atoms with E-state index in [1.54, 1.807) is 10.6 Å². The Morgan fingerprint density at radius 1 is 1.20 bits per heavy atom. The SMILES string of the molecule is Cc1cc(=O)n2c(n1)NC(NC1CCCCC1)=N[C@H]2[C@H]1CC=CCC1. The average molecular weight is 341 g/mol. The van der Waals surface area contributed by atoms with E-state index in [1.807, 2.05) is 6.92 Å². The van der Waals surface area contributed by atoms with Gasteiger partial charge >= 0.3 is 0 Å². The molecule has 0 amide bonds. The van der Waals surface area contributed by atoms with Crippen LogP contribution in [0.1, 0.15) is 63.2 Å². The summed E-state index contributed by atoms with van der Waals surface area (Å²) in [6, 6.07) is 2.07. The van der Waals surface area contributed by atoms with Gasteiger partial charge in [0.1, 0.15) is 6.17 Å². The fourth-order valence-corrected chi connectivity index (χ4v) is 4.20. The molecule has 2 N–H and O–H groups in total. The number of rotatable bonds is 2. The smallest absolute Gasteiger partial charge is 0.256 e. The van der Waals surface area contributed by atoms with Crippen molar-refractivity contribution in [2.75, 3.05) is 5.32 Å². The predicted octanol–water partition coefficient (Wildman–Crippen LogP) is 3.11. The summed E-state index contributed by atoms with van der Waals surface area (Å²) < 4.78 is 1.74. The van der Waals surface area contributed by atoms with Crippen molar-refractivity contribution in [3.8, 4) is 0 Å². The van der Waals surface area contributed by atoms with Crippen LogP contribution >= 0.6 is 0 Å².